The molecule has 5 nitrogen and oxygen atoms in total. The van der Waals surface area contributed by atoms with Crippen molar-refractivity contribution in [1.29, 1.82) is 0 Å². The van der Waals surface area contributed by atoms with E-state index in [1.807, 2.05) is 0 Å². The number of carbonyl (C=O) groups excluding carboxylic acids is 1. The lowest BCUT2D eigenvalue weighted by atomic mass is 10.1. The van der Waals surface area contributed by atoms with Crippen molar-refractivity contribution >= 4 is 17.6 Å². The summed E-state index contributed by atoms with van der Waals surface area (Å²) in [6.07, 6.45) is 0.270. The molecule has 0 radical (unpaired) electrons. The molecule has 0 saturated carbocycles. The highest BCUT2D eigenvalue weighted by Gasteiger charge is 2.19. The monoisotopic (exact) mass is 273 g/mol. The van der Waals surface area contributed by atoms with Crippen LogP contribution in [0.25, 0.3) is 0 Å². The maximum Gasteiger partial charge on any atom is 0.322 e. The van der Waals surface area contributed by atoms with E-state index in [2.05, 4.69) is 4.74 Å². The predicted molar refractivity (Wildman–Crippen MR) is 68.3 cm³/mol. The number of hydrogen-bond acceptors (Lipinski definition) is 5. The number of carbonyl (C=O) groups is 1. The van der Waals surface area contributed by atoms with Crippen molar-refractivity contribution < 1.29 is 19.0 Å². The summed E-state index contributed by atoms with van der Waals surface area (Å²) in [6.45, 7) is 0. The summed E-state index contributed by atoms with van der Waals surface area (Å²) in [7, 11) is 4.31. The van der Waals surface area contributed by atoms with Gasteiger partial charge in [-0.05, 0) is 18.1 Å². The van der Waals surface area contributed by atoms with E-state index < -0.39 is 12.0 Å². The van der Waals surface area contributed by atoms with Gasteiger partial charge in [0, 0.05) is 0 Å². The molecule has 0 bridgehead atoms. The fourth-order valence-corrected chi connectivity index (χ4v) is 1.87. The number of rotatable bonds is 5. The second kappa shape index (κ2) is 6.47. The highest BCUT2D eigenvalue weighted by molar-refractivity contribution is 6.33. The third kappa shape index (κ3) is 3.05. The Hall–Kier alpha value is -1.46. The maximum absolute atomic E-state index is 11.3. The van der Waals surface area contributed by atoms with Gasteiger partial charge in [-0.15, -0.1) is 0 Å². The highest BCUT2D eigenvalue weighted by atomic mass is 35.5. The first-order valence-electron chi connectivity index (χ1n) is 5.27. The molecule has 0 aliphatic rings. The van der Waals surface area contributed by atoms with Crippen molar-refractivity contribution in [2.45, 2.75) is 12.5 Å². The molecule has 0 fully saturated rings. The largest absolute Gasteiger partial charge is 0.493 e. The number of nitrogens with two attached hydrogens (primary N) is 1. The summed E-state index contributed by atoms with van der Waals surface area (Å²) in [6, 6.07) is 2.70. The minimum atomic E-state index is -0.759. The van der Waals surface area contributed by atoms with Gasteiger partial charge < -0.3 is 19.9 Å². The van der Waals surface area contributed by atoms with Crippen LogP contribution in [0.3, 0.4) is 0 Å². The first-order valence-corrected chi connectivity index (χ1v) is 5.65. The van der Waals surface area contributed by atoms with E-state index in [0.717, 1.165) is 0 Å². The molecule has 0 unspecified atom stereocenters. The molecule has 1 atom stereocenters. The zero-order chi connectivity index (χ0) is 13.7. The summed E-state index contributed by atoms with van der Waals surface area (Å²) in [5.41, 5.74) is 6.39. The Morgan fingerprint density at radius 2 is 2.00 bits per heavy atom. The zero-order valence-electron chi connectivity index (χ0n) is 10.5. The molecule has 2 N–H and O–H groups in total. The van der Waals surface area contributed by atoms with Gasteiger partial charge in [-0.1, -0.05) is 17.7 Å². The van der Waals surface area contributed by atoms with Crippen molar-refractivity contribution in [3.63, 3.8) is 0 Å². The van der Waals surface area contributed by atoms with Crippen LogP contribution in [0.1, 0.15) is 5.56 Å². The first-order chi connectivity index (χ1) is 8.54. The van der Waals surface area contributed by atoms with E-state index in [-0.39, 0.29) is 6.42 Å². The normalized spacial score (nSPS) is 11.8. The molecule has 0 aliphatic heterocycles. The minimum absolute atomic E-state index is 0.270. The molecular weight excluding hydrogens is 258 g/mol. The third-order valence-electron chi connectivity index (χ3n) is 2.51. The average Bonchev–Trinajstić information content (AvgIpc) is 2.39. The van der Waals surface area contributed by atoms with Gasteiger partial charge in [0.2, 0.25) is 0 Å². The van der Waals surface area contributed by atoms with Gasteiger partial charge >= 0.3 is 5.97 Å². The number of esters is 1. The lowest BCUT2D eigenvalue weighted by Gasteiger charge is -2.14. The minimum Gasteiger partial charge on any atom is -0.493 e. The van der Waals surface area contributed by atoms with Crippen molar-refractivity contribution in [3.8, 4) is 11.5 Å². The van der Waals surface area contributed by atoms with Crippen LogP contribution in [0.2, 0.25) is 5.02 Å². The molecule has 1 aromatic rings. The summed E-state index contributed by atoms with van der Waals surface area (Å²) in [5.74, 6) is 0.465. The molecule has 1 aromatic carbocycles. The van der Waals surface area contributed by atoms with E-state index in [1.165, 1.54) is 21.3 Å². The number of halogens is 1. The number of hydrogen-bond donors (Lipinski definition) is 1. The van der Waals surface area contributed by atoms with Crippen molar-refractivity contribution in [2.24, 2.45) is 5.73 Å². The maximum atomic E-state index is 11.3. The highest BCUT2D eigenvalue weighted by Crippen LogP contribution is 2.37. The summed E-state index contributed by atoms with van der Waals surface area (Å²) < 4.78 is 14.8. The lowest BCUT2D eigenvalue weighted by molar-refractivity contribution is -0.142. The summed E-state index contributed by atoms with van der Waals surface area (Å²) >= 11 is 6.17. The molecule has 100 valence electrons. The van der Waals surface area contributed by atoms with Crippen molar-refractivity contribution in [1.82, 2.24) is 0 Å². The molecule has 0 aliphatic carbocycles. The molecule has 1 rings (SSSR count). The Morgan fingerprint density at radius 1 is 1.33 bits per heavy atom. The van der Waals surface area contributed by atoms with Gasteiger partial charge in [-0.2, -0.15) is 0 Å². The Kier molecular flexibility index (Phi) is 5.25. The zero-order valence-corrected chi connectivity index (χ0v) is 11.3. The van der Waals surface area contributed by atoms with Gasteiger partial charge in [-0.3, -0.25) is 4.79 Å². The van der Waals surface area contributed by atoms with Gasteiger partial charge in [0.15, 0.2) is 11.5 Å². The van der Waals surface area contributed by atoms with E-state index in [1.54, 1.807) is 12.1 Å². The molecule has 0 saturated heterocycles. The predicted octanol–water partition coefficient (Wildman–Crippen LogP) is 1.40. The molecular formula is C12H16ClNO4. The molecule has 0 spiro atoms. The van der Waals surface area contributed by atoms with Crippen LogP contribution in [0.15, 0.2) is 12.1 Å². The molecule has 0 aromatic heterocycles. The Bertz CT molecular complexity index is 436. The fourth-order valence-electron chi connectivity index (χ4n) is 1.56. The van der Waals surface area contributed by atoms with Gasteiger partial charge in [0.1, 0.15) is 6.04 Å². The third-order valence-corrected chi connectivity index (χ3v) is 2.92. The van der Waals surface area contributed by atoms with E-state index >= 15 is 0 Å². The van der Waals surface area contributed by atoms with Crippen molar-refractivity contribution in [3.05, 3.63) is 22.7 Å². The van der Waals surface area contributed by atoms with Gasteiger partial charge in [0.25, 0.3) is 0 Å². The quantitative estimate of drug-likeness (QED) is 0.821. The van der Waals surface area contributed by atoms with E-state index in [9.17, 15) is 4.79 Å². The Balaban J connectivity index is 3.01. The second-order valence-corrected chi connectivity index (χ2v) is 3.99. The van der Waals surface area contributed by atoms with Crippen LogP contribution < -0.4 is 15.2 Å². The number of ether oxygens (including phenoxy) is 3. The Morgan fingerprint density at radius 3 is 2.50 bits per heavy atom. The topological polar surface area (TPSA) is 70.8 Å². The van der Waals surface area contributed by atoms with Crippen LogP contribution in [-0.4, -0.2) is 33.3 Å². The molecule has 0 amide bonds. The SMILES string of the molecule is COC(=O)[C@H](N)Cc1ccc(OC)c(OC)c1Cl. The molecule has 0 heterocycles. The molecule has 6 heteroatoms. The Labute approximate surface area is 111 Å². The first kappa shape index (κ1) is 14.6. The van der Waals surface area contributed by atoms with Crippen LogP contribution in [-0.2, 0) is 16.0 Å². The number of methoxy groups -OCH3 is 3. The van der Waals surface area contributed by atoms with Crippen LogP contribution in [0.5, 0.6) is 11.5 Å². The van der Waals surface area contributed by atoms with Gasteiger partial charge in [-0.25, -0.2) is 0 Å². The fraction of sp³-hybridized carbons (Fsp3) is 0.417. The van der Waals surface area contributed by atoms with Crippen LogP contribution >= 0.6 is 11.6 Å². The van der Waals surface area contributed by atoms with E-state index in [4.69, 9.17) is 26.8 Å². The smallest absolute Gasteiger partial charge is 0.322 e. The summed E-state index contributed by atoms with van der Waals surface area (Å²) in [4.78, 5) is 11.3. The average molecular weight is 274 g/mol. The summed E-state index contributed by atoms with van der Waals surface area (Å²) in [5, 5.41) is 0.385. The second-order valence-electron chi connectivity index (χ2n) is 3.61. The van der Waals surface area contributed by atoms with Crippen LogP contribution in [0.4, 0.5) is 0 Å². The van der Waals surface area contributed by atoms with Gasteiger partial charge in [0.05, 0.1) is 26.4 Å². The lowest BCUT2D eigenvalue weighted by Crippen LogP contribution is -2.33. The standard InChI is InChI=1S/C12H16ClNO4/c1-16-9-5-4-7(10(13)11(9)17-2)6-8(14)12(15)18-3/h4-5,8H,6,14H2,1-3H3/t8-/m1/s1. The van der Waals surface area contributed by atoms with Crippen molar-refractivity contribution in [2.75, 3.05) is 21.3 Å². The molecule has 18 heavy (non-hydrogen) atoms. The van der Waals surface area contributed by atoms with E-state index in [0.29, 0.717) is 22.1 Å². The van der Waals surface area contributed by atoms with Crippen LogP contribution in [0, 0.1) is 0 Å². The number of benzene rings is 1.